The van der Waals surface area contributed by atoms with Crippen LogP contribution in [0, 0.1) is 0 Å². The maximum Gasteiger partial charge on any atom is 0.323 e. The number of hydrogen-bond donors (Lipinski definition) is 1. The van der Waals surface area contributed by atoms with Crippen LogP contribution in [0.25, 0.3) is 0 Å². The van der Waals surface area contributed by atoms with Crippen molar-refractivity contribution in [3.63, 3.8) is 0 Å². The van der Waals surface area contributed by atoms with E-state index in [0.29, 0.717) is 18.9 Å². The Hall–Kier alpha value is -1.26. The second-order valence-electron chi connectivity index (χ2n) is 6.48. The zero-order chi connectivity index (χ0) is 16.2. The zero-order valence-corrected chi connectivity index (χ0v) is 14.3. The molecule has 1 saturated carbocycles. The highest BCUT2D eigenvalue weighted by Crippen LogP contribution is 2.39. The minimum atomic E-state index is -0.268. The molecule has 0 aromatic heterocycles. The molecule has 1 aromatic carbocycles. The number of methoxy groups -OCH3 is 1. The Morgan fingerprint density at radius 1 is 1.26 bits per heavy atom. The van der Waals surface area contributed by atoms with E-state index >= 15 is 0 Å². The summed E-state index contributed by atoms with van der Waals surface area (Å²) in [6.45, 7) is 0.659. The average molecular weight is 338 g/mol. The maximum absolute atomic E-state index is 11.6. The van der Waals surface area contributed by atoms with Gasteiger partial charge < -0.3 is 14.8 Å². The minimum absolute atomic E-state index is 0.0115. The van der Waals surface area contributed by atoms with E-state index in [1.54, 1.807) is 0 Å². The van der Waals surface area contributed by atoms with Crippen LogP contribution in [-0.4, -0.2) is 31.8 Å². The summed E-state index contributed by atoms with van der Waals surface area (Å²) in [6.07, 6.45) is 6.88. The van der Waals surface area contributed by atoms with Gasteiger partial charge in [0.05, 0.1) is 7.11 Å². The van der Waals surface area contributed by atoms with Crippen LogP contribution >= 0.6 is 11.6 Å². The van der Waals surface area contributed by atoms with Crippen molar-refractivity contribution in [3.05, 3.63) is 28.8 Å². The fourth-order valence-electron chi connectivity index (χ4n) is 3.65. The van der Waals surface area contributed by atoms with Gasteiger partial charge in [0.15, 0.2) is 0 Å². The molecule has 126 valence electrons. The zero-order valence-electron chi connectivity index (χ0n) is 13.5. The van der Waals surface area contributed by atoms with Crippen LogP contribution in [-0.2, 0) is 9.53 Å². The van der Waals surface area contributed by atoms with Gasteiger partial charge in [-0.25, -0.2) is 0 Å². The van der Waals surface area contributed by atoms with Gasteiger partial charge in [0.2, 0.25) is 0 Å². The molecule has 2 aliphatic rings. The van der Waals surface area contributed by atoms with Crippen LogP contribution < -0.4 is 10.1 Å². The van der Waals surface area contributed by atoms with Crippen molar-refractivity contribution in [1.29, 1.82) is 0 Å². The normalized spacial score (nSPS) is 25.3. The number of rotatable bonds is 4. The van der Waals surface area contributed by atoms with Crippen molar-refractivity contribution in [3.8, 4) is 5.75 Å². The molecule has 1 saturated heterocycles. The molecule has 0 radical (unpaired) electrons. The minimum Gasteiger partial charge on any atom is -0.489 e. The molecule has 1 aromatic rings. The van der Waals surface area contributed by atoms with Gasteiger partial charge in [-0.15, -0.1) is 0 Å². The second kappa shape index (κ2) is 7.54. The maximum atomic E-state index is 11.6. The molecular weight excluding hydrogens is 314 g/mol. The third-order valence-corrected chi connectivity index (χ3v) is 5.12. The Morgan fingerprint density at radius 3 is 2.78 bits per heavy atom. The molecule has 0 amide bonds. The number of carbonyl (C=O) groups is 1. The lowest BCUT2D eigenvalue weighted by Gasteiger charge is -2.25. The van der Waals surface area contributed by atoms with E-state index in [2.05, 4.69) is 5.32 Å². The van der Waals surface area contributed by atoms with Gasteiger partial charge in [-0.05, 0) is 42.5 Å². The molecular formula is C18H24ClNO3. The van der Waals surface area contributed by atoms with E-state index < -0.39 is 0 Å². The molecule has 0 spiro atoms. The highest BCUT2D eigenvalue weighted by molar-refractivity contribution is 6.30. The first-order valence-electron chi connectivity index (χ1n) is 8.44. The Balaban J connectivity index is 1.71. The summed E-state index contributed by atoms with van der Waals surface area (Å²) in [5.74, 6) is 1.22. The monoisotopic (exact) mass is 337 g/mol. The third kappa shape index (κ3) is 3.99. The summed E-state index contributed by atoms with van der Waals surface area (Å²) in [5, 5.41) is 3.92. The summed E-state index contributed by atoms with van der Waals surface area (Å²) < 4.78 is 11.0. The Kier molecular flexibility index (Phi) is 5.44. The first kappa shape index (κ1) is 16.6. The van der Waals surface area contributed by atoms with Crippen LogP contribution in [0.2, 0.25) is 5.02 Å². The number of nitrogens with one attached hydrogen (secondary N) is 1. The van der Waals surface area contributed by atoms with E-state index in [-0.39, 0.29) is 18.1 Å². The lowest BCUT2D eigenvalue weighted by Crippen LogP contribution is -2.31. The Bertz CT molecular complexity index is 557. The van der Waals surface area contributed by atoms with E-state index in [9.17, 15) is 4.79 Å². The van der Waals surface area contributed by atoms with Crippen LogP contribution in [0.15, 0.2) is 18.2 Å². The quantitative estimate of drug-likeness (QED) is 0.852. The third-order valence-electron chi connectivity index (χ3n) is 4.89. The largest absolute Gasteiger partial charge is 0.489 e. The smallest absolute Gasteiger partial charge is 0.323 e. The highest BCUT2D eigenvalue weighted by atomic mass is 35.5. The summed E-state index contributed by atoms with van der Waals surface area (Å²) in [7, 11) is 1.42. The lowest BCUT2D eigenvalue weighted by atomic mass is 9.83. The molecule has 1 aliphatic carbocycles. The Labute approximate surface area is 142 Å². The predicted molar refractivity (Wildman–Crippen MR) is 90.1 cm³/mol. The van der Waals surface area contributed by atoms with E-state index in [1.807, 2.05) is 18.2 Å². The number of carbonyl (C=O) groups excluding carboxylic acids is 1. The van der Waals surface area contributed by atoms with Gasteiger partial charge in [-0.2, -0.15) is 0 Å². The van der Waals surface area contributed by atoms with Gasteiger partial charge in [0.25, 0.3) is 0 Å². The lowest BCUT2D eigenvalue weighted by molar-refractivity contribution is -0.142. The summed E-state index contributed by atoms with van der Waals surface area (Å²) in [5.41, 5.74) is 1.22. The fourth-order valence-corrected chi connectivity index (χ4v) is 3.83. The molecule has 2 atom stereocenters. The highest BCUT2D eigenvalue weighted by Gasteiger charge is 2.32. The van der Waals surface area contributed by atoms with Crippen LogP contribution in [0.3, 0.4) is 0 Å². The SMILES string of the molecule is COC(=O)C1CC(Oc2ccc(Cl)cc2C2CCCCC2)CN1. The summed E-state index contributed by atoms with van der Waals surface area (Å²) in [6, 6.07) is 5.63. The number of esters is 1. The van der Waals surface area contributed by atoms with Gasteiger partial charge in [0, 0.05) is 18.0 Å². The van der Waals surface area contributed by atoms with Crippen molar-refractivity contribution in [2.75, 3.05) is 13.7 Å². The molecule has 1 heterocycles. The number of halogens is 1. The second-order valence-corrected chi connectivity index (χ2v) is 6.91. The van der Waals surface area contributed by atoms with Crippen LogP contribution in [0.4, 0.5) is 0 Å². The fraction of sp³-hybridized carbons (Fsp3) is 0.611. The van der Waals surface area contributed by atoms with Crippen molar-refractivity contribution in [2.24, 2.45) is 0 Å². The van der Waals surface area contributed by atoms with Crippen molar-refractivity contribution in [1.82, 2.24) is 5.32 Å². The standard InChI is InChI=1S/C18H24ClNO3/c1-22-18(21)16-10-14(11-20-16)23-17-8-7-13(19)9-15(17)12-5-3-2-4-6-12/h7-9,12,14,16,20H,2-6,10-11H2,1H3. The van der Waals surface area contributed by atoms with Crippen LogP contribution in [0.5, 0.6) is 5.75 Å². The van der Waals surface area contributed by atoms with E-state index in [4.69, 9.17) is 21.1 Å². The molecule has 4 nitrogen and oxygen atoms in total. The molecule has 0 bridgehead atoms. The van der Waals surface area contributed by atoms with Crippen molar-refractivity contribution < 1.29 is 14.3 Å². The number of hydrogen-bond acceptors (Lipinski definition) is 4. The molecule has 23 heavy (non-hydrogen) atoms. The Morgan fingerprint density at radius 2 is 2.04 bits per heavy atom. The molecule has 3 rings (SSSR count). The molecule has 2 unspecified atom stereocenters. The molecule has 2 fully saturated rings. The number of ether oxygens (including phenoxy) is 2. The molecule has 5 heteroatoms. The molecule has 1 aliphatic heterocycles. The van der Waals surface area contributed by atoms with Crippen LogP contribution in [0.1, 0.15) is 50.0 Å². The van der Waals surface area contributed by atoms with E-state index in [1.165, 1.54) is 44.8 Å². The topological polar surface area (TPSA) is 47.6 Å². The molecule has 1 N–H and O–H groups in total. The summed E-state index contributed by atoms with van der Waals surface area (Å²) >= 11 is 6.21. The van der Waals surface area contributed by atoms with Crippen molar-refractivity contribution >= 4 is 17.6 Å². The van der Waals surface area contributed by atoms with Gasteiger partial charge >= 0.3 is 5.97 Å². The van der Waals surface area contributed by atoms with Gasteiger partial charge in [-0.1, -0.05) is 30.9 Å². The first-order chi connectivity index (χ1) is 11.2. The average Bonchev–Trinajstić information content (AvgIpc) is 3.05. The predicted octanol–water partition coefficient (Wildman–Crippen LogP) is 3.67. The van der Waals surface area contributed by atoms with E-state index in [0.717, 1.165) is 10.8 Å². The summed E-state index contributed by atoms with van der Waals surface area (Å²) in [4.78, 5) is 11.6. The number of benzene rings is 1. The van der Waals surface area contributed by atoms with Gasteiger partial charge in [-0.3, -0.25) is 4.79 Å². The van der Waals surface area contributed by atoms with Gasteiger partial charge in [0.1, 0.15) is 17.9 Å². The first-order valence-corrected chi connectivity index (χ1v) is 8.82. The van der Waals surface area contributed by atoms with Crippen molar-refractivity contribution in [2.45, 2.75) is 56.6 Å².